The Hall–Kier alpha value is -3.92. The van der Waals surface area contributed by atoms with Crippen LogP contribution in [-0.4, -0.2) is 7.05 Å². The number of fused-ring (bicyclic) bond motifs is 2. The van der Waals surface area contributed by atoms with Crippen LogP contribution in [0, 0.1) is 0 Å². The lowest BCUT2D eigenvalue weighted by Crippen LogP contribution is -2.39. The molecular weight excluding hydrogens is 360 g/mol. The molecule has 0 aliphatic heterocycles. The van der Waals surface area contributed by atoms with Crippen LogP contribution in [0.15, 0.2) is 94.5 Å². The number of nitrogens with one attached hydrogen (secondary N) is 1. The number of anilines is 4. The summed E-state index contributed by atoms with van der Waals surface area (Å²) in [5.41, 5.74) is 1.46. The van der Waals surface area contributed by atoms with Crippen molar-refractivity contribution in [2.45, 2.75) is 0 Å². The summed E-state index contributed by atoms with van der Waals surface area (Å²) in [5.74, 6) is 0. The van der Waals surface area contributed by atoms with Crippen molar-refractivity contribution in [3.63, 3.8) is 0 Å². The second kappa shape index (κ2) is 6.60. The van der Waals surface area contributed by atoms with Gasteiger partial charge in [0.25, 0.3) is 10.9 Å². The Balaban J connectivity index is 1.61. The van der Waals surface area contributed by atoms with Gasteiger partial charge < -0.3 is 10.2 Å². The zero-order valence-corrected chi connectivity index (χ0v) is 15.8. The quantitative estimate of drug-likeness (QED) is 0.442. The first kappa shape index (κ1) is 17.2. The van der Waals surface area contributed by atoms with Crippen LogP contribution in [0.2, 0.25) is 0 Å². The number of rotatable bonds is 4. The van der Waals surface area contributed by atoms with Crippen molar-refractivity contribution in [1.82, 2.24) is 0 Å². The first-order chi connectivity index (χ1) is 14.1. The van der Waals surface area contributed by atoms with E-state index in [-0.39, 0.29) is 0 Å². The third-order valence-corrected chi connectivity index (χ3v) is 5.40. The summed E-state index contributed by atoms with van der Waals surface area (Å²) in [6.07, 6.45) is 0. The predicted molar refractivity (Wildman–Crippen MR) is 121 cm³/mol. The first-order valence-electron chi connectivity index (χ1n) is 9.45. The van der Waals surface area contributed by atoms with Gasteiger partial charge >= 0.3 is 0 Å². The highest BCUT2D eigenvalue weighted by Crippen LogP contribution is 2.35. The van der Waals surface area contributed by atoms with E-state index in [1.807, 2.05) is 92.0 Å². The minimum atomic E-state index is -0.486. The molecule has 0 radical (unpaired) electrons. The van der Waals surface area contributed by atoms with E-state index < -0.39 is 10.9 Å². The van der Waals surface area contributed by atoms with Crippen molar-refractivity contribution in [2.75, 3.05) is 17.3 Å². The minimum absolute atomic E-state index is 0.335. The maximum atomic E-state index is 12.5. The summed E-state index contributed by atoms with van der Waals surface area (Å²) in [5, 5.41) is 7.40. The highest BCUT2D eigenvalue weighted by molar-refractivity contribution is 6.00. The second-order valence-electron chi connectivity index (χ2n) is 7.09. The fourth-order valence-corrected chi connectivity index (χ4v) is 3.91. The van der Waals surface area contributed by atoms with Gasteiger partial charge in [0.15, 0.2) is 0 Å². The molecular formula is C25H18N2O2. The molecule has 0 aliphatic carbocycles. The minimum Gasteiger partial charge on any atom is -0.350 e. The molecule has 0 unspecified atom stereocenters. The van der Waals surface area contributed by atoms with Gasteiger partial charge in [0.1, 0.15) is 11.4 Å². The van der Waals surface area contributed by atoms with Crippen LogP contribution >= 0.6 is 0 Å². The maximum absolute atomic E-state index is 12.5. The lowest BCUT2D eigenvalue weighted by atomic mass is 10.1. The van der Waals surface area contributed by atoms with Crippen LogP contribution in [0.4, 0.5) is 22.7 Å². The fraction of sp³-hybridized carbons (Fsp3) is 0.0400. The molecule has 140 valence electrons. The first-order valence-corrected chi connectivity index (χ1v) is 9.45. The molecule has 0 fully saturated rings. The summed E-state index contributed by atoms with van der Waals surface area (Å²) in [6, 6.07) is 27.8. The van der Waals surface area contributed by atoms with E-state index in [1.165, 1.54) is 0 Å². The van der Waals surface area contributed by atoms with Crippen molar-refractivity contribution in [2.24, 2.45) is 0 Å². The van der Waals surface area contributed by atoms with Crippen molar-refractivity contribution in [3.8, 4) is 0 Å². The van der Waals surface area contributed by atoms with Crippen LogP contribution in [0.3, 0.4) is 0 Å². The van der Waals surface area contributed by atoms with Gasteiger partial charge in [-0.3, -0.25) is 9.59 Å². The summed E-state index contributed by atoms with van der Waals surface area (Å²) in [4.78, 5) is 26.7. The van der Waals surface area contributed by atoms with Gasteiger partial charge in [0, 0.05) is 29.2 Å². The van der Waals surface area contributed by atoms with E-state index >= 15 is 0 Å². The Bertz CT molecular complexity index is 1430. The van der Waals surface area contributed by atoms with Crippen LogP contribution in [-0.2, 0) is 0 Å². The molecule has 5 aromatic rings. The third-order valence-electron chi connectivity index (χ3n) is 5.40. The molecule has 0 saturated carbocycles. The predicted octanol–water partition coefficient (Wildman–Crippen LogP) is 5.10. The number of benzene rings is 4. The van der Waals surface area contributed by atoms with E-state index in [2.05, 4.69) is 5.32 Å². The monoisotopic (exact) mass is 378 g/mol. The van der Waals surface area contributed by atoms with Crippen LogP contribution in [0.25, 0.3) is 21.5 Å². The van der Waals surface area contributed by atoms with E-state index in [0.717, 1.165) is 32.9 Å². The lowest BCUT2D eigenvalue weighted by molar-refractivity contribution is 1.17. The third kappa shape index (κ3) is 2.69. The Morgan fingerprint density at radius 2 is 1.24 bits per heavy atom. The zero-order chi connectivity index (χ0) is 20.0. The zero-order valence-electron chi connectivity index (χ0n) is 15.8. The molecule has 4 nitrogen and oxygen atoms in total. The molecule has 0 atom stereocenters. The molecule has 4 heteroatoms. The number of hydrogen-bond donors (Lipinski definition) is 1. The Morgan fingerprint density at radius 3 is 2.00 bits per heavy atom. The molecule has 0 bridgehead atoms. The van der Waals surface area contributed by atoms with Gasteiger partial charge in [-0.25, -0.2) is 0 Å². The van der Waals surface area contributed by atoms with Gasteiger partial charge in [-0.05, 0) is 22.9 Å². The molecule has 0 spiro atoms. The average Bonchev–Trinajstić information content (AvgIpc) is 2.78. The van der Waals surface area contributed by atoms with Crippen molar-refractivity contribution < 1.29 is 0 Å². The SMILES string of the molecule is CN(c1c(Nc2cccc3ccccc23)c(=O)c1=O)c1cccc2ccccc12. The second-order valence-corrected chi connectivity index (χ2v) is 7.09. The van der Waals surface area contributed by atoms with Crippen molar-refractivity contribution in [3.05, 3.63) is 105 Å². The fourth-order valence-electron chi connectivity index (χ4n) is 3.91. The molecule has 1 N–H and O–H groups in total. The van der Waals surface area contributed by atoms with Crippen LogP contribution in [0.5, 0.6) is 0 Å². The van der Waals surface area contributed by atoms with Crippen LogP contribution in [0.1, 0.15) is 0 Å². The molecule has 5 rings (SSSR count). The number of hydrogen-bond acceptors (Lipinski definition) is 4. The standard InChI is InChI=1S/C25H18N2O2/c1-27(21-15-7-11-17-9-3-5-13-19(17)21)23-22(24(28)25(23)29)26-20-14-6-10-16-8-2-4-12-18(16)20/h2-15,26H,1H3. The van der Waals surface area contributed by atoms with Gasteiger partial charge in [-0.15, -0.1) is 0 Å². The maximum Gasteiger partial charge on any atom is 0.253 e. The summed E-state index contributed by atoms with van der Waals surface area (Å²) < 4.78 is 0. The summed E-state index contributed by atoms with van der Waals surface area (Å²) in [6.45, 7) is 0. The average molecular weight is 378 g/mol. The molecule has 29 heavy (non-hydrogen) atoms. The van der Waals surface area contributed by atoms with Gasteiger partial charge in [0.2, 0.25) is 0 Å². The summed E-state index contributed by atoms with van der Waals surface area (Å²) >= 11 is 0. The molecule has 0 amide bonds. The van der Waals surface area contributed by atoms with E-state index in [0.29, 0.717) is 11.4 Å². The van der Waals surface area contributed by atoms with Crippen molar-refractivity contribution >= 4 is 44.3 Å². The van der Waals surface area contributed by atoms with Crippen LogP contribution < -0.4 is 21.1 Å². The lowest BCUT2D eigenvalue weighted by Gasteiger charge is -2.25. The highest BCUT2D eigenvalue weighted by Gasteiger charge is 2.26. The van der Waals surface area contributed by atoms with Crippen molar-refractivity contribution in [1.29, 1.82) is 0 Å². The van der Waals surface area contributed by atoms with E-state index in [4.69, 9.17) is 0 Å². The van der Waals surface area contributed by atoms with E-state index in [9.17, 15) is 9.59 Å². The van der Waals surface area contributed by atoms with Gasteiger partial charge in [0.05, 0.1) is 0 Å². The number of nitrogens with zero attached hydrogens (tertiary/aromatic N) is 1. The molecule has 0 heterocycles. The Labute approximate surface area is 167 Å². The molecule has 5 aromatic carbocycles. The van der Waals surface area contributed by atoms with E-state index in [1.54, 1.807) is 4.90 Å². The highest BCUT2D eigenvalue weighted by atomic mass is 16.2. The summed E-state index contributed by atoms with van der Waals surface area (Å²) in [7, 11) is 1.83. The largest absolute Gasteiger partial charge is 0.350 e. The van der Waals surface area contributed by atoms with Gasteiger partial charge in [-0.1, -0.05) is 72.8 Å². The molecule has 0 aliphatic rings. The van der Waals surface area contributed by atoms with Gasteiger partial charge in [-0.2, -0.15) is 0 Å². The molecule has 0 aromatic heterocycles. The Kier molecular flexibility index (Phi) is 3.91. The Morgan fingerprint density at radius 1 is 0.655 bits per heavy atom. The molecule has 0 saturated heterocycles. The smallest absolute Gasteiger partial charge is 0.253 e. The normalized spacial score (nSPS) is 11.2. The topological polar surface area (TPSA) is 49.4 Å².